The Labute approximate surface area is 316 Å². The van der Waals surface area contributed by atoms with Gasteiger partial charge in [0.05, 0.1) is 43.4 Å². The number of benzene rings is 4. The van der Waals surface area contributed by atoms with Crippen molar-refractivity contribution in [3.05, 3.63) is 137 Å². The second-order valence-corrected chi connectivity index (χ2v) is 12.1. The number of carbonyl (C=O) groups is 4. The van der Waals surface area contributed by atoms with E-state index in [0.717, 1.165) is 17.7 Å². The molecule has 274 valence electrons. The smallest absolute Gasteiger partial charge is 0.343 e. The summed E-state index contributed by atoms with van der Waals surface area (Å²) in [4.78, 5) is 52.1. The van der Waals surface area contributed by atoms with Crippen LogP contribution >= 0.6 is 15.9 Å². The predicted molar refractivity (Wildman–Crippen MR) is 205 cm³/mol. The number of rotatable bonds is 20. The van der Waals surface area contributed by atoms with Crippen LogP contribution in [-0.2, 0) is 19.1 Å². The Kier molecular flexibility index (Phi) is 16.0. The number of halogens is 1. The van der Waals surface area contributed by atoms with Crippen LogP contribution in [0.4, 0.5) is 11.4 Å². The molecular formula is C41H39BrN2O9. The molecule has 1 N–H and O–H groups in total. The van der Waals surface area contributed by atoms with E-state index in [4.69, 9.17) is 23.7 Å². The van der Waals surface area contributed by atoms with Gasteiger partial charge in [-0.1, -0.05) is 13.2 Å². The van der Waals surface area contributed by atoms with E-state index in [0.29, 0.717) is 96.3 Å². The highest BCUT2D eigenvalue weighted by molar-refractivity contribution is 9.10. The summed E-state index contributed by atoms with van der Waals surface area (Å²) >= 11 is 3.51. The molecule has 0 unspecified atom stereocenters. The molecule has 0 atom stereocenters. The third-order valence-corrected chi connectivity index (χ3v) is 7.95. The lowest BCUT2D eigenvalue weighted by Crippen LogP contribution is -2.12. The van der Waals surface area contributed by atoms with E-state index in [1.54, 1.807) is 97.2 Å². The molecule has 4 aromatic carbocycles. The average Bonchev–Trinajstić information content (AvgIpc) is 3.18. The molecule has 0 bridgehead atoms. The van der Waals surface area contributed by atoms with Crippen LogP contribution in [0.25, 0.3) is 0 Å². The topological polar surface area (TPSA) is 139 Å². The van der Waals surface area contributed by atoms with Gasteiger partial charge in [0.25, 0.3) is 5.91 Å². The second-order valence-electron chi connectivity index (χ2n) is 11.2. The number of hydrogen-bond donors (Lipinski definition) is 1. The molecule has 4 rings (SSSR count). The van der Waals surface area contributed by atoms with E-state index in [9.17, 15) is 19.2 Å². The number of nitrogens with one attached hydrogen (secondary N) is 1. The van der Waals surface area contributed by atoms with E-state index in [1.165, 1.54) is 0 Å². The molecule has 0 aromatic heterocycles. The van der Waals surface area contributed by atoms with Crippen molar-refractivity contribution in [2.45, 2.75) is 25.7 Å². The van der Waals surface area contributed by atoms with Gasteiger partial charge in [0, 0.05) is 28.4 Å². The molecule has 0 fully saturated rings. The average molecular weight is 784 g/mol. The van der Waals surface area contributed by atoms with Crippen molar-refractivity contribution in [2.24, 2.45) is 4.99 Å². The number of hydrogen-bond acceptors (Lipinski definition) is 10. The molecule has 0 aliphatic carbocycles. The van der Waals surface area contributed by atoms with Crippen LogP contribution in [0.3, 0.4) is 0 Å². The second kappa shape index (κ2) is 21.4. The maximum atomic E-state index is 12.9. The number of aliphatic imine (C=N–C) groups is 1. The van der Waals surface area contributed by atoms with Gasteiger partial charge < -0.3 is 29.0 Å². The lowest BCUT2D eigenvalue weighted by Gasteiger charge is -2.10. The quantitative estimate of drug-likeness (QED) is 0.0308. The highest BCUT2D eigenvalue weighted by atomic mass is 79.9. The van der Waals surface area contributed by atoms with Gasteiger partial charge in [-0.15, -0.1) is 0 Å². The minimum atomic E-state index is -0.501. The molecule has 0 spiro atoms. The van der Waals surface area contributed by atoms with Crippen LogP contribution in [0.5, 0.6) is 17.2 Å². The van der Waals surface area contributed by atoms with Crippen molar-refractivity contribution in [2.75, 3.05) is 31.7 Å². The molecule has 53 heavy (non-hydrogen) atoms. The van der Waals surface area contributed by atoms with Crippen LogP contribution < -0.4 is 19.5 Å². The van der Waals surface area contributed by atoms with Crippen molar-refractivity contribution in [1.29, 1.82) is 0 Å². The highest BCUT2D eigenvalue weighted by Crippen LogP contribution is 2.28. The number of nitrogens with zero attached hydrogens (tertiary/aromatic N) is 1. The third-order valence-electron chi connectivity index (χ3n) is 7.30. The van der Waals surface area contributed by atoms with Crippen molar-refractivity contribution in [1.82, 2.24) is 0 Å². The number of unbranched alkanes of at least 4 members (excludes halogenated alkanes) is 2. The Hall–Kier alpha value is -6.01. The van der Waals surface area contributed by atoms with Crippen LogP contribution in [0, 0.1) is 0 Å². The Balaban J connectivity index is 1.19. The van der Waals surface area contributed by atoms with Crippen LogP contribution in [0.2, 0.25) is 0 Å². The highest BCUT2D eigenvalue weighted by Gasteiger charge is 2.11. The van der Waals surface area contributed by atoms with Gasteiger partial charge >= 0.3 is 17.9 Å². The summed E-state index contributed by atoms with van der Waals surface area (Å²) in [5.74, 6) is -0.0348. The zero-order valence-corrected chi connectivity index (χ0v) is 30.5. The molecule has 11 nitrogen and oxygen atoms in total. The van der Waals surface area contributed by atoms with Gasteiger partial charge in [-0.3, -0.25) is 9.79 Å². The normalized spacial score (nSPS) is 10.6. The van der Waals surface area contributed by atoms with Gasteiger partial charge in [0.2, 0.25) is 0 Å². The van der Waals surface area contributed by atoms with Gasteiger partial charge in [-0.05, 0) is 138 Å². The zero-order valence-electron chi connectivity index (χ0n) is 29.0. The molecule has 0 heterocycles. The number of amides is 1. The molecule has 12 heteroatoms. The van der Waals surface area contributed by atoms with Gasteiger partial charge in [0.1, 0.15) is 17.2 Å². The first-order chi connectivity index (χ1) is 25.7. The molecular weight excluding hydrogens is 744 g/mol. The molecule has 0 saturated carbocycles. The first-order valence-electron chi connectivity index (χ1n) is 16.8. The van der Waals surface area contributed by atoms with Crippen LogP contribution in [-0.4, -0.2) is 56.5 Å². The number of carbonyl (C=O) groups excluding carboxylic acids is 4. The van der Waals surface area contributed by atoms with Crippen molar-refractivity contribution in [3.8, 4) is 17.2 Å². The Morgan fingerprint density at radius 3 is 1.68 bits per heavy atom. The van der Waals surface area contributed by atoms with E-state index >= 15 is 0 Å². The largest absolute Gasteiger partial charge is 0.494 e. The fourth-order valence-corrected chi connectivity index (χ4v) is 4.92. The Morgan fingerprint density at radius 1 is 0.642 bits per heavy atom. The monoisotopic (exact) mass is 782 g/mol. The summed E-state index contributed by atoms with van der Waals surface area (Å²) in [5.41, 5.74) is 2.88. The molecule has 1 amide bonds. The first-order valence-corrected chi connectivity index (χ1v) is 17.5. The summed E-state index contributed by atoms with van der Waals surface area (Å²) < 4.78 is 27.4. The van der Waals surface area contributed by atoms with Crippen LogP contribution in [0.1, 0.15) is 52.0 Å². The number of anilines is 1. The lowest BCUT2D eigenvalue weighted by molar-refractivity contribution is -0.138. The summed E-state index contributed by atoms with van der Waals surface area (Å²) in [7, 11) is 0. The first kappa shape index (κ1) is 39.8. The minimum Gasteiger partial charge on any atom is -0.494 e. The van der Waals surface area contributed by atoms with Crippen molar-refractivity contribution < 1.29 is 42.9 Å². The van der Waals surface area contributed by atoms with Gasteiger partial charge in [-0.2, -0.15) is 0 Å². The molecule has 0 aliphatic heterocycles. The van der Waals surface area contributed by atoms with Crippen molar-refractivity contribution >= 4 is 57.3 Å². The van der Waals surface area contributed by atoms with E-state index < -0.39 is 17.9 Å². The molecule has 0 saturated heterocycles. The summed E-state index contributed by atoms with van der Waals surface area (Å²) in [6.45, 7) is 8.22. The predicted octanol–water partition coefficient (Wildman–Crippen LogP) is 8.45. The molecule has 0 aliphatic rings. The van der Waals surface area contributed by atoms with E-state index in [1.807, 2.05) is 0 Å². The van der Waals surface area contributed by atoms with Gasteiger partial charge in [0.15, 0.2) is 0 Å². The summed E-state index contributed by atoms with van der Waals surface area (Å²) in [6, 6.07) is 25.7. The van der Waals surface area contributed by atoms with Crippen molar-refractivity contribution in [3.63, 3.8) is 0 Å². The fraction of sp³-hybridized carbons (Fsp3) is 0.195. The zero-order chi connectivity index (χ0) is 37.8. The lowest BCUT2D eigenvalue weighted by atomic mass is 10.2. The summed E-state index contributed by atoms with van der Waals surface area (Å²) in [5, 5.41) is 2.89. The fourth-order valence-electron chi connectivity index (χ4n) is 4.46. The maximum absolute atomic E-state index is 12.9. The maximum Gasteiger partial charge on any atom is 0.343 e. The number of esters is 3. The SMILES string of the molecule is C=CC(=O)OCCCCOc1ccc(C(=O)Nc2ccc(/N=C/c3ccc(OC(=O)c4ccc(OCCCCOC(=O)C=C)cc4)cc3)cc2Br)cc1. The number of ether oxygens (including phenoxy) is 5. The Morgan fingerprint density at radius 2 is 1.15 bits per heavy atom. The van der Waals surface area contributed by atoms with E-state index in [-0.39, 0.29) is 5.91 Å². The van der Waals surface area contributed by atoms with Gasteiger partial charge in [-0.25, -0.2) is 14.4 Å². The summed E-state index contributed by atoms with van der Waals surface area (Å²) in [6.07, 6.45) is 6.69. The minimum absolute atomic E-state index is 0.279. The molecule has 0 radical (unpaired) electrons. The van der Waals surface area contributed by atoms with Crippen LogP contribution in [0.15, 0.2) is 126 Å². The van der Waals surface area contributed by atoms with E-state index in [2.05, 4.69) is 39.4 Å². The molecule has 4 aromatic rings. The third kappa shape index (κ3) is 13.9. The standard InChI is InChI=1S/C41H39BrN2O9/c1-3-38(45)51-25-7-5-23-49-33-18-11-30(12-19-33)40(47)44-37-22-15-32(27-36(37)42)43-28-29-9-16-35(17-10-29)53-41(48)31-13-20-34(21-14-31)50-24-6-8-26-52-39(46)4-2/h3-4,9-22,27-28H,1-2,5-8,23-26H2,(H,44,47)/b43-28+. The Bertz CT molecular complexity index is 1890.